The number of ether oxygens (including phenoxy) is 1. The van der Waals surface area contributed by atoms with Crippen molar-refractivity contribution in [2.24, 2.45) is 11.8 Å². The molecule has 1 heterocycles. The van der Waals surface area contributed by atoms with E-state index in [-0.39, 0.29) is 12.1 Å². The molecule has 0 saturated carbocycles. The first-order chi connectivity index (χ1) is 5.79. The molecule has 0 amide bonds. The van der Waals surface area contributed by atoms with Crippen molar-refractivity contribution in [3.05, 3.63) is 0 Å². The fourth-order valence-corrected chi connectivity index (χ4v) is 1.63. The van der Waals surface area contributed by atoms with E-state index >= 15 is 0 Å². The third-order valence-corrected chi connectivity index (χ3v) is 2.39. The minimum Gasteiger partial charge on any atom is -0.376 e. The van der Waals surface area contributed by atoms with E-state index in [0.717, 1.165) is 13.0 Å². The van der Waals surface area contributed by atoms with Crippen LogP contribution in [0.2, 0.25) is 0 Å². The van der Waals surface area contributed by atoms with Crippen molar-refractivity contribution < 1.29 is 4.74 Å². The number of terminal acetylenes is 1. The van der Waals surface area contributed by atoms with Crippen LogP contribution in [-0.2, 0) is 4.74 Å². The van der Waals surface area contributed by atoms with Gasteiger partial charge in [0.1, 0.15) is 0 Å². The molecule has 3 heteroatoms. The second kappa shape index (κ2) is 4.46. The predicted octanol–water partition coefficient (Wildman–Crippen LogP) is 0.267. The van der Waals surface area contributed by atoms with E-state index in [0.29, 0.717) is 12.3 Å². The van der Waals surface area contributed by atoms with E-state index < -0.39 is 0 Å². The van der Waals surface area contributed by atoms with Crippen molar-refractivity contribution in [3.8, 4) is 12.3 Å². The van der Waals surface area contributed by atoms with E-state index in [2.05, 4.69) is 18.3 Å². The first kappa shape index (κ1) is 9.53. The summed E-state index contributed by atoms with van der Waals surface area (Å²) in [7, 11) is 0. The summed E-state index contributed by atoms with van der Waals surface area (Å²) in [6.45, 7) is 2.99. The van der Waals surface area contributed by atoms with Crippen molar-refractivity contribution in [1.82, 2.24) is 5.43 Å². The van der Waals surface area contributed by atoms with E-state index in [4.69, 9.17) is 17.0 Å². The Kier molecular flexibility index (Phi) is 3.54. The van der Waals surface area contributed by atoms with Crippen LogP contribution in [-0.4, -0.2) is 18.8 Å². The number of hydrogen-bond acceptors (Lipinski definition) is 3. The number of nitrogens with one attached hydrogen (secondary N) is 1. The van der Waals surface area contributed by atoms with Gasteiger partial charge in [-0.15, -0.1) is 12.3 Å². The molecule has 0 spiro atoms. The minimum absolute atomic E-state index is 0.104. The normalized spacial score (nSPS) is 31.4. The van der Waals surface area contributed by atoms with Crippen molar-refractivity contribution in [3.63, 3.8) is 0 Å². The lowest BCUT2D eigenvalue weighted by Gasteiger charge is -2.23. The molecular formula is C9H16N2O. The Labute approximate surface area is 73.6 Å². The summed E-state index contributed by atoms with van der Waals surface area (Å²) in [6.07, 6.45) is 7.14. The summed E-state index contributed by atoms with van der Waals surface area (Å²) in [5, 5.41) is 0. The number of rotatable bonds is 3. The highest BCUT2D eigenvalue weighted by atomic mass is 16.5. The van der Waals surface area contributed by atoms with Crippen LogP contribution in [0.4, 0.5) is 0 Å². The first-order valence-electron chi connectivity index (χ1n) is 4.30. The maximum atomic E-state index is 5.53. The van der Waals surface area contributed by atoms with Crippen LogP contribution in [0, 0.1) is 18.3 Å². The highest BCUT2D eigenvalue weighted by molar-refractivity contribution is 4.94. The molecule has 12 heavy (non-hydrogen) atoms. The molecule has 3 unspecified atom stereocenters. The van der Waals surface area contributed by atoms with Gasteiger partial charge >= 0.3 is 0 Å². The molecule has 0 aromatic rings. The fraction of sp³-hybridized carbons (Fsp3) is 0.778. The largest absolute Gasteiger partial charge is 0.376 e. The summed E-state index contributed by atoms with van der Waals surface area (Å²) in [5.41, 5.74) is 2.71. The molecule has 3 atom stereocenters. The van der Waals surface area contributed by atoms with Crippen LogP contribution in [0.25, 0.3) is 0 Å². The van der Waals surface area contributed by atoms with Gasteiger partial charge in [0.15, 0.2) is 0 Å². The molecule has 0 radical (unpaired) electrons. The molecule has 0 aliphatic carbocycles. The molecular weight excluding hydrogens is 152 g/mol. The molecule has 68 valence electrons. The zero-order chi connectivity index (χ0) is 8.97. The smallest absolute Gasteiger partial charge is 0.0777 e. The summed E-state index contributed by atoms with van der Waals surface area (Å²) in [6, 6.07) is 0.104. The van der Waals surface area contributed by atoms with Crippen molar-refractivity contribution in [1.29, 1.82) is 0 Å². The van der Waals surface area contributed by atoms with Crippen LogP contribution in [0.1, 0.15) is 19.8 Å². The lowest BCUT2D eigenvalue weighted by atomic mass is 9.96. The average Bonchev–Trinajstić information content (AvgIpc) is 2.47. The van der Waals surface area contributed by atoms with Gasteiger partial charge in [-0.1, -0.05) is 6.92 Å². The third-order valence-electron chi connectivity index (χ3n) is 2.39. The van der Waals surface area contributed by atoms with Gasteiger partial charge in [0.05, 0.1) is 12.1 Å². The maximum absolute atomic E-state index is 5.53. The summed E-state index contributed by atoms with van der Waals surface area (Å²) in [5.74, 6) is 8.52. The van der Waals surface area contributed by atoms with Gasteiger partial charge in [-0.05, 0) is 12.3 Å². The molecule has 3 nitrogen and oxygen atoms in total. The number of hydrazine groups is 1. The zero-order valence-corrected chi connectivity index (χ0v) is 7.42. The molecule has 1 aliphatic heterocycles. The van der Waals surface area contributed by atoms with Gasteiger partial charge < -0.3 is 4.74 Å². The second-order valence-electron chi connectivity index (χ2n) is 3.28. The Morgan fingerprint density at radius 1 is 1.83 bits per heavy atom. The molecule has 0 aromatic carbocycles. The van der Waals surface area contributed by atoms with Crippen LogP contribution < -0.4 is 11.3 Å². The quantitative estimate of drug-likeness (QED) is 0.361. The Morgan fingerprint density at radius 2 is 2.58 bits per heavy atom. The van der Waals surface area contributed by atoms with Gasteiger partial charge in [0.25, 0.3) is 0 Å². The number of nitrogens with two attached hydrogens (primary N) is 1. The summed E-state index contributed by atoms with van der Waals surface area (Å²) in [4.78, 5) is 0. The topological polar surface area (TPSA) is 47.3 Å². The van der Waals surface area contributed by atoms with Crippen LogP contribution in [0.5, 0.6) is 0 Å². The van der Waals surface area contributed by atoms with Gasteiger partial charge in [0, 0.05) is 13.0 Å². The first-order valence-corrected chi connectivity index (χ1v) is 4.30. The maximum Gasteiger partial charge on any atom is 0.0777 e. The molecule has 1 aliphatic rings. The standard InChI is InChI=1S/C9H16N2O/c1-3-4-8(11-10)9-7(2)5-6-12-9/h1,7-9,11H,4-6,10H2,2H3. The van der Waals surface area contributed by atoms with E-state index in [1.54, 1.807) is 0 Å². The molecule has 0 aromatic heterocycles. The summed E-state index contributed by atoms with van der Waals surface area (Å²) >= 11 is 0. The number of hydrogen-bond donors (Lipinski definition) is 2. The van der Waals surface area contributed by atoms with Gasteiger partial charge in [-0.2, -0.15) is 0 Å². The summed E-state index contributed by atoms with van der Waals surface area (Å²) < 4.78 is 5.53. The van der Waals surface area contributed by atoms with Gasteiger partial charge in [0.2, 0.25) is 0 Å². The average molecular weight is 168 g/mol. The highest BCUT2D eigenvalue weighted by Gasteiger charge is 2.30. The monoisotopic (exact) mass is 168 g/mol. The van der Waals surface area contributed by atoms with Crippen LogP contribution in [0.3, 0.4) is 0 Å². The van der Waals surface area contributed by atoms with Gasteiger partial charge in [-0.3, -0.25) is 11.3 Å². The second-order valence-corrected chi connectivity index (χ2v) is 3.28. The molecule has 1 fully saturated rings. The molecule has 3 N–H and O–H groups in total. The Bertz CT molecular complexity index is 176. The van der Waals surface area contributed by atoms with E-state index in [1.165, 1.54) is 0 Å². The SMILES string of the molecule is C#CCC(NN)C1OCCC1C. The van der Waals surface area contributed by atoms with Crippen LogP contribution in [0.15, 0.2) is 0 Å². The van der Waals surface area contributed by atoms with Gasteiger partial charge in [-0.25, -0.2) is 0 Å². The lowest BCUT2D eigenvalue weighted by Crippen LogP contribution is -2.45. The van der Waals surface area contributed by atoms with Crippen LogP contribution >= 0.6 is 0 Å². The third kappa shape index (κ3) is 1.98. The molecule has 1 saturated heterocycles. The Balaban J connectivity index is 2.47. The highest BCUT2D eigenvalue weighted by Crippen LogP contribution is 2.23. The molecule has 0 bridgehead atoms. The van der Waals surface area contributed by atoms with Crippen molar-refractivity contribution in [2.75, 3.05) is 6.61 Å². The lowest BCUT2D eigenvalue weighted by molar-refractivity contribution is 0.0625. The van der Waals surface area contributed by atoms with Crippen molar-refractivity contribution in [2.45, 2.75) is 31.9 Å². The van der Waals surface area contributed by atoms with Crippen molar-refractivity contribution >= 4 is 0 Å². The Hall–Kier alpha value is -0.560. The van der Waals surface area contributed by atoms with E-state index in [1.807, 2.05) is 0 Å². The Morgan fingerprint density at radius 3 is 3.00 bits per heavy atom. The fourth-order valence-electron chi connectivity index (χ4n) is 1.63. The predicted molar refractivity (Wildman–Crippen MR) is 48.1 cm³/mol. The van der Waals surface area contributed by atoms with E-state index in [9.17, 15) is 0 Å². The molecule has 1 rings (SSSR count). The minimum atomic E-state index is 0.104. The zero-order valence-electron chi connectivity index (χ0n) is 7.42.